The van der Waals surface area contributed by atoms with Crippen LogP contribution < -0.4 is 5.32 Å². The number of rotatable bonds is 8. The van der Waals surface area contributed by atoms with Crippen molar-refractivity contribution in [1.82, 2.24) is 5.32 Å². The Labute approximate surface area is 128 Å². The van der Waals surface area contributed by atoms with Crippen LogP contribution in [0, 0.1) is 29.6 Å². The van der Waals surface area contributed by atoms with Gasteiger partial charge in [-0.25, -0.2) is 0 Å². The molecule has 0 aromatic heterocycles. The van der Waals surface area contributed by atoms with Crippen LogP contribution in [0.2, 0.25) is 0 Å². The summed E-state index contributed by atoms with van der Waals surface area (Å²) in [5.41, 5.74) is 0. The molecule has 0 aromatic rings. The van der Waals surface area contributed by atoms with Gasteiger partial charge in [0.05, 0.1) is 0 Å². The molecule has 1 aliphatic carbocycles. The monoisotopic (exact) mass is 281 g/mol. The smallest absolute Gasteiger partial charge is 0.00696 e. The lowest BCUT2D eigenvalue weighted by Crippen LogP contribution is -2.40. The van der Waals surface area contributed by atoms with E-state index in [1.54, 1.807) is 0 Å². The summed E-state index contributed by atoms with van der Waals surface area (Å²) in [6.07, 6.45) is 8.39. The molecule has 5 unspecified atom stereocenters. The molecule has 1 rings (SSSR count). The second kappa shape index (κ2) is 9.07. The van der Waals surface area contributed by atoms with Crippen LogP contribution in [0.1, 0.15) is 80.1 Å². The van der Waals surface area contributed by atoms with Gasteiger partial charge in [0.1, 0.15) is 0 Å². The van der Waals surface area contributed by atoms with Gasteiger partial charge in [0.25, 0.3) is 0 Å². The lowest BCUT2D eigenvalue weighted by Gasteiger charge is -2.37. The van der Waals surface area contributed by atoms with E-state index in [2.05, 4.69) is 46.9 Å². The highest BCUT2D eigenvalue weighted by Gasteiger charge is 2.29. The summed E-state index contributed by atoms with van der Waals surface area (Å²) >= 11 is 0. The molecule has 0 spiro atoms. The summed E-state index contributed by atoms with van der Waals surface area (Å²) in [5.74, 6) is 4.49. The van der Waals surface area contributed by atoms with Gasteiger partial charge in [0.2, 0.25) is 0 Å². The normalized spacial score (nSPS) is 30.4. The molecule has 1 nitrogen and oxygen atoms in total. The van der Waals surface area contributed by atoms with Crippen molar-refractivity contribution < 1.29 is 0 Å². The number of nitrogens with one attached hydrogen (secondary N) is 1. The van der Waals surface area contributed by atoms with Crippen LogP contribution in [0.3, 0.4) is 0 Å². The first kappa shape index (κ1) is 18.0. The summed E-state index contributed by atoms with van der Waals surface area (Å²) in [6, 6.07) is 0.698. The summed E-state index contributed by atoms with van der Waals surface area (Å²) in [4.78, 5) is 0. The number of hydrogen-bond donors (Lipinski definition) is 1. The lowest BCUT2D eigenvalue weighted by molar-refractivity contribution is 0.161. The Morgan fingerprint density at radius 1 is 1.10 bits per heavy atom. The Kier molecular flexibility index (Phi) is 8.17. The fourth-order valence-corrected chi connectivity index (χ4v) is 4.09. The van der Waals surface area contributed by atoms with Gasteiger partial charge in [-0.3, -0.25) is 0 Å². The molecule has 0 heterocycles. The maximum absolute atomic E-state index is 3.84. The molecule has 0 bridgehead atoms. The fourth-order valence-electron chi connectivity index (χ4n) is 4.09. The van der Waals surface area contributed by atoms with E-state index in [9.17, 15) is 0 Å². The first-order valence-corrected chi connectivity index (χ1v) is 9.17. The molecule has 5 atom stereocenters. The molecule has 20 heavy (non-hydrogen) atoms. The Morgan fingerprint density at radius 2 is 1.80 bits per heavy atom. The molecule has 0 saturated heterocycles. The molecule has 1 fully saturated rings. The second-order valence-electron chi connectivity index (χ2n) is 7.99. The largest absolute Gasteiger partial charge is 0.314 e. The van der Waals surface area contributed by atoms with Crippen LogP contribution in [0.25, 0.3) is 0 Å². The van der Waals surface area contributed by atoms with Gasteiger partial charge in [0.15, 0.2) is 0 Å². The maximum atomic E-state index is 3.84. The average Bonchev–Trinajstić information content (AvgIpc) is 2.39. The highest BCUT2D eigenvalue weighted by molar-refractivity contribution is 4.83. The highest BCUT2D eigenvalue weighted by atomic mass is 14.9. The third kappa shape index (κ3) is 6.16. The van der Waals surface area contributed by atoms with E-state index in [4.69, 9.17) is 0 Å². The van der Waals surface area contributed by atoms with E-state index in [0.717, 1.165) is 29.6 Å². The molecular formula is C19H39N. The minimum atomic E-state index is 0.698. The zero-order chi connectivity index (χ0) is 15.1. The van der Waals surface area contributed by atoms with Crippen molar-refractivity contribution in [2.24, 2.45) is 29.6 Å². The molecule has 0 radical (unpaired) electrons. The average molecular weight is 282 g/mol. The van der Waals surface area contributed by atoms with Gasteiger partial charge in [-0.05, 0) is 62.3 Å². The van der Waals surface area contributed by atoms with Crippen LogP contribution in [0.5, 0.6) is 0 Å². The molecule has 1 saturated carbocycles. The van der Waals surface area contributed by atoms with Crippen molar-refractivity contribution in [2.45, 2.75) is 86.1 Å². The van der Waals surface area contributed by atoms with Crippen LogP contribution in [0.4, 0.5) is 0 Å². The third-order valence-electron chi connectivity index (χ3n) is 5.56. The van der Waals surface area contributed by atoms with Crippen molar-refractivity contribution in [3.05, 3.63) is 0 Å². The Bertz CT molecular complexity index is 248. The molecular weight excluding hydrogens is 242 g/mol. The fraction of sp³-hybridized carbons (Fsp3) is 1.00. The summed E-state index contributed by atoms with van der Waals surface area (Å²) in [6.45, 7) is 15.6. The lowest BCUT2D eigenvalue weighted by atomic mass is 9.72. The van der Waals surface area contributed by atoms with Gasteiger partial charge in [-0.15, -0.1) is 0 Å². The molecule has 0 aliphatic heterocycles. The molecule has 0 aromatic carbocycles. The minimum absolute atomic E-state index is 0.698. The van der Waals surface area contributed by atoms with Crippen molar-refractivity contribution in [3.8, 4) is 0 Å². The predicted molar refractivity (Wildman–Crippen MR) is 91.0 cm³/mol. The molecule has 1 aliphatic rings. The third-order valence-corrected chi connectivity index (χ3v) is 5.56. The van der Waals surface area contributed by atoms with Crippen LogP contribution >= 0.6 is 0 Å². The van der Waals surface area contributed by atoms with Gasteiger partial charge in [-0.2, -0.15) is 0 Å². The zero-order valence-electron chi connectivity index (χ0n) is 14.9. The van der Waals surface area contributed by atoms with E-state index >= 15 is 0 Å². The highest BCUT2D eigenvalue weighted by Crippen LogP contribution is 2.35. The van der Waals surface area contributed by atoms with E-state index < -0.39 is 0 Å². The van der Waals surface area contributed by atoms with Crippen molar-refractivity contribution in [2.75, 3.05) is 6.54 Å². The first-order valence-electron chi connectivity index (χ1n) is 9.17. The van der Waals surface area contributed by atoms with E-state index in [1.165, 1.54) is 45.1 Å². The topological polar surface area (TPSA) is 12.0 Å². The van der Waals surface area contributed by atoms with Crippen LogP contribution in [0.15, 0.2) is 0 Å². The SMILES string of the molecule is CCC(CCNC(C)C1CC(C)CCC1C)CC(C)C. The molecule has 1 N–H and O–H groups in total. The summed E-state index contributed by atoms with van der Waals surface area (Å²) < 4.78 is 0. The molecule has 0 amide bonds. The van der Waals surface area contributed by atoms with E-state index in [-0.39, 0.29) is 0 Å². The maximum Gasteiger partial charge on any atom is 0.00696 e. The van der Waals surface area contributed by atoms with Gasteiger partial charge >= 0.3 is 0 Å². The Balaban J connectivity index is 2.29. The first-order chi connectivity index (χ1) is 9.43. The van der Waals surface area contributed by atoms with Crippen molar-refractivity contribution >= 4 is 0 Å². The molecule has 1 heteroatoms. The minimum Gasteiger partial charge on any atom is -0.314 e. The predicted octanol–water partition coefficient (Wildman–Crippen LogP) is 5.50. The van der Waals surface area contributed by atoms with Gasteiger partial charge < -0.3 is 5.32 Å². The van der Waals surface area contributed by atoms with Gasteiger partial charge in [-0.1, -0.05) is 53.9 Å². The second-order valence-corrected chi connectivity index (χ2v) is 7.99. The van der Waals surface area contributed by atoms with Crippen molar-refractivity contribution in [1.29, 1.82) is 0 Å². The summed E-state index contributed by atoms with van der Waals surface area (Å²) in [5, 5.41) is 3.84. The standard InChI is InChI=1S/C19H39N/c1-7-18(12-14(2)3)10-11-20-17(6)19-13-15(4)8-9-16(19)5/h14-20H,7-13H2,1-6H3. The van der Waals surface area contributed by atoms with E-state index in [0.29, 0.717) is 6.04 Å². The van der Waals surface area contributed by atoms with Gasteiger partial charge in [0, 0.05) is 6.04 Å². The Morgan fingerprint density at radius 3 is 2.40 bits per heavy atom. The zero-order valence-corrected chi connectivity index (χ0v) is 14.9. The van der Waals surface area contributed by atoms with Crippen molar-refractivity contribution in [3.63, 3.8) is 0 Å². The van der Waals surface area contributed by atoms with Crippen LogP contribution in [-0.4, -0.2) is 12.6 Å². The quantitative estimate of drug-likeness (QED) is 0.619. The number of hydrogen-bond acceptors (Lipinski definition) is 1. The Hall–Kier alpha value is -0.0400. The van der Waals surface area contributed by atoms with Crippen LogP contribution in [-0.2, 0) is 0 Å². The molecule has 120 valence electrons. The summed E-state index contributed by atoms with van der Waals surface area (Å²) in [7, 11) is 0. The van der Waals surface area contributed by atoms with E-state index in [1.807, 2.05) is 0 Å².